The number of methoxy groups -OCH3 is 1. The van der Waals surface area contributed by atoms with Gasteiger partial charge in [0.05, 0.1) is 35.2 Å². The van der Waals surface area contributed by atoms with Crippen molar-refractivity contribution in [3.63, 3.8) is 0 Å². The molecule has 0 bridgehead atoms. The molecule has 0 fully saturated rings. The number of ether oxygens (including phenoxy) is 3. The number of rotatable bonds is 8. The fourth-order valence-corrected chi connectivity index (χ4v) is 3.82. The molecule has 0 saturated carbocycles. The van der Waals surface area contributed by atoms with Crippen molar-refractivity contribution < 1.29 is 19.0 Å². The van der Waals surface area contributed by atoms with E-state index in [0.717, 1.165) is 19.9 Å². The molecular weight excluding hydrogens is 507 g/mol. The van der Waals surface area contributed by atoms with Crippen LogP contribution < -0.4 is 19.6 Å². The molecule has 0 aliphatic carbocycles. The maximum atomic E-state index is 12.7. The first-order valence-corrected chi connectivity index (χ1v) is 11.0. The van der Waals surface area contributed by atoms with E-state index in [0.29, 0.717) is 29.4 Å². The van der Waals surface area contributed by atoms with Gasteiger partial charge in [-0.25, -0.2) is 5.43 Å². The van der Waals surface area contributed by atoms with E-state index >= 15 is 0 Å². The molecule has 0 aliphatic heterocycles. The van der Waals surface area contributed by atoms with Gasteiger partial charge in [0.15, 0.2) is 11.5 Å². The number of halogens is 1. The van der Waals surface area contributed by atoms with Crippen LogP contribution in [-0.4, -0.2) is 31.9 Å². The van der Waals surface area contributed by atoms with E-state index in [2.05, 4.69) is 33.1 Å². The maximum absolute atomic E-state index is 12.7. The van der Waals surface area contributed by atoms with Gasteiger partial charge in [-0.3, -0.25) is 4.79 Å². The normalized spacial score (nSPS) is 11.2. The topological polar surface area (TPSA) is 69.2 Å². The van der Waals surface area contributed by atoms with Crippen LogP contribution in [0.25, 0.3) is 10.8 Å². The molecule has 162 valence electrons. The molecule has 0 radical (unpaired) electrons. The number of benzene rings is 3. The number of hydrogen-bond acceptors (Lipinski definition) is 5. The second-order valence-electron chi connectivity index (χ2n) is 7.03. The Morgan fingerprint density at radius 2 is 1.84 bits per heavy atom. The molecule has 6 nitrogen and oxygen atoms in total. The summed E-state index contributed by atoms with van der Waals surface area (Å²) in [6.45, 7) is 6.38. The molecule has 1 amide bonds. The smallest absolute Gasteiger partial charge is 0.275 e. The van der Waals surface area contributed by atoms with Crippen molar-refractivity contribution >= 4 is 45.5 Å². The van der Waals surface area contributed by atoms with Crippen LogP contribution in [0.15, 0.2) is 53.6 Å². The predicted molar refractivity (Wildman–Crippen MR) is 132 cm³/mol. The molecule has 1 N–H and O–H groups in total. The third kappa shape index (κ3) is 5.66. The highest BCUT2D eigenvalue weighted by atomic mass is 127. The maximum Gasteiger partial charge on any atom is 0.275 e. The van der Waals surface area contributed by atoms with E-state index in [4.69, 9.17) is 14.2 Å². The molecule has 0 aromatic heterocycles. The van der Waals surface area contributed by atoms with Crippen molar-refractivity contribution in [2.75, 3.05) is 13.7 Å². The minimum absolute atomic E-state index is 0.0310. The Balaban J connectivity index is 1.81. The molecule has 0 atom stereocenters. The van der Waals surface area contributed by atoms with Crippen LogP contribution in [-0.2, 0) is 0 Å². The molecule has 0 heterocycles. The Bertz CT molecular complexity index is 1110. The molecule has 0 aliphatic rings. The third-order valence-corrected chi connectivity index (χ3v) is 5.18. The zero-order valence-electron chi connectivity index (χ0n) is 17.9. The zero-order chi connectivity index (χ0) is 22.4. The lowest BCUT2D eigenvalue weighted by molar-refractivity contribution is 0.0952. The quantitative estimate of drug-likeness (QED) is 0.240. The molecule has 0 spiro atoms. The van der Waals surface area contributed by atoms with Crippen molar-refractivity contribution in [3.8, 4) is 17.2 Å². The summed E-state index contributed by atoms with van der Waals surface area (Å²) < 4.78 is 17.9. The van der Waals surface area contributed by atoms with Gasteiger partial charge in [0, 0.05) is 0 Å². The lowest BCUT2D eigenvalue weighted by Gasteiger charge is -2.16. The lowest BCUT2D eigenvalue weighted by atomic mass is 10.1. The Morgan fingerprint density at radius 1 is 1.13 bits per heavy atom. The fourth-order valence-electron chi connectivity index (χ4n) is 3.07. The summed E-state index contributed by atoms with van der Waals surface area (Å²) in [5, 5.41) is 6.08. The van der Waals surface area contributed by atoms with Crippen LogP contribution in [0.2, 0.25) is 0 Å². The van der Waals surface area contributed by atoms with Gasteiger partial charge in [-0.2, -0.15) is 5.10 Å². The van der Waals surface area contributed by atoms with Gasteiger partial charge in [-0.15, -0.1) is 0 Å². The van der Waals surface area contributed by atoms with Gasteiger partial charge in [-0.05, 0) is 84.0 Å². The number of hydrogen-bond donors (Lipinski definition) is 1. The first-order valence-electron chi connectivity index (χ1n) is 9.96. The summed E-state index contributed by atoms with van der Waals surface area (Å²) in [7, 11) is 1.54. The average molecular weight is 532 g/mol. The highest BCUT2D eigenvalue weighted by Gasteiger charge is 2.15. The number of hydrazone groups is 1. The van der Waals surface area contributed by atoms with E-state index < -0.39 is 0 Å². The molecular formula is C24H25IN2O4. The summed E-state index contributed by atoms with van der Waals surface area (Å²) in [5.74, 6) is 1.50. The van der Waals surface area contributed by atoms with E-state index in [9.17, 15) is 4.79 Å². The molecule has 0 unspecified atom stereocenters. The second kappa shape index (κ2) is 10.5. The first kappa shape index (κ1) is 22.9. The Labute approximate surface area is 195 Å². The van der Waals surface area contributed by atoms with Crippen molar-refractivity contribution in [1.29, 1.82) is 0 Å². The monoisotopic (exact) mass is 532 g/mol. The summed E-state index contributed by atoms with van der Waals surface area (Å²) in [6, 6.07) is 15.2. The summed E-state index contributed by atoms with van der Waals surface area (Å²) in [6.07, 6.45) is 1.61. The van der Waals surface area contributed by atoms with Crippen LogP contribution in [0.3, 0.4) is 0 Å². The standard InChI is InChI=1S/C24H25IN2O4/c1-5-30-22-11-16(10-20(25)23(22)31-15(2)3)14-26-27-24(28)19-12-17-8-6-7-9-18(17)13-21(19)29-4/h6-15H,5H2,1-4H3,(H,27,28)/b26-14-. The predicted octanol–water partition coefficient (Wildman–Crippen LogP) is 5.40. The van der Waals surface area contributed by atoms with E-state index in [1.165, 1.54) is 0 Å². The van der Waals surface area contributed by atoms with Crippen LogP contribution in [0.5, 0.6) is 17.2 Å². The van der Waals surface area contributed by atoms with Gasteiger partial charge in [0.2, 0.25) is 0 Å². The summed E-state index contributed by atoms with van der Waals surface area (Å²) in [4.78, 5) is 12.7. The number of fused-ring (bicyclic) bond motifs is 1. The number of carbonyl (C=O) groups is 1. The van der Waals surface area contributed by atoms with Gasteiger partial charge in [0.1, 0.15) is 5.75 Å². The van der Waals surface area contributed by atoms with Gasteiger partial charge in [0.25, 0.3) is 5.91 Å². The second-order valence-corrected chi connectivity index (χ2v) is 8.19. The van der Waals surface area contributed by atoms with Crippen LogP contribution in [0, 0.1) is 3.57 Å². The molecule has 3 aromatic rings. The molecule has 7 heteroatoms. The molecule has 3 aromatic carbocycles. The lowest BCUT2D eigenvalue weighted by Crippen LogP contribution is -2.18. The van der Waals surface area contributed by atoms with E-state index in [1.807, 2.05) is 63.2 Å². The molecule has 0 saturated heterocycles. The van der Waals surface area contributed by atoms with Crippen molar-refractivity contribution in [2.45, 2.75) is 26.9 Å². The van der Waals surface area contributed by atoms with Crippen molar-refractivity contribution in [3.05, 3.63) is 63.2 Å². The van der Waals surface area contributed by atoms with Gasteiger partial charge >= 0.3 is 0 Å². The van der Waals surface area contributed by atoms with E-state index in [-0.39, 0.29) is 12.0 Å². The first-order chi connectivity index (χ1) is 14.9. The Kier molecular flexibility index (Phi) is 7.73. The Morgan fingerprint density at radius 3 is 2.48 bits per heavy atom. The summed E-state index contributed by atoms with van der Waals surface area (Å²) >= 11 is 2.21. The SMILES string of the molecule is CCOc1cc(/C=N\NC(=O)c2cc3ccccc3cc2OC)cc(I)c1OC(C)C. The minimum atomic E-state index is -0.349. The molecule has 31 heavy (non-hydrogen) atoms. The highest BCUT2D eigenvalue weighted by Crippen LogP contribution is 2.34. The van der Waals surface area contributed by atoms with E-state index in [1.54, 1.807) is 19.4 Å². The number of carbonyl (C=O) groups excluding carboxylic acids is 1. The minimum Gasteiger partial charge on any atom is -0.496 e. The highest BCUT2D eigenvalue weighted by molar-refractivity contribution is 14.1. The number of amides is 1. The third-order valence-electron chi connectivity index (χ3n) is 4.38. The number of nitrogens with zero attached hydrogens (tertiary/aromatic N) is 1. The van der Waals surface area contributed by atoms with Crippen molar-refractivity contribution in [1.82, 2.24) is 5.43 Å². The molecule has 3 rings (SSSR count). The Hall–Kier alpha value is -2.81. The largest absolute Gasteiger partial charge is 0.496 e. The van der Waals surface area contributed by atoms with Crippen LogP contribution in [0.4, 0.5) is 0 Å². The summed E-state index contributed by atoms with van der Waals surface area (Å²) in [5.41, 5.74) is 3.79. The van der Waals surface area contributed by atoms with Crippen molar-refractivity contribution in [2.24, 2.45) is 5.10 Å². The van der Waals surface area contributed by atoms with Crippen LogP contribution >= 0.6 is 22.6 Å². The average Bonchev–Trinajstić information content (AvgIpc) is 2.75. The van der Waals surface area contributed by atoms with Gasteiger partial charge < -0.3 is 14.2 Å². The zero-order valence-corrected chi connectivity index (χ0v) is 20.1. The van der Waals surface area contributed by atoms with Crippen LogP contribution in [0.1, 0.15) is 36.7 Å². The fraction of sp³-hybridized carbons (Fsp3) is 0.250. The number of nitrogens with one attached hydrogen (secondary N) is 1. The van der Waals surface area contributed by atoms with Gasteiger partial charge in [-0.1, -0.05) is 24.3 Å².